The summed E-state index contributed by atoms with van der Waals surface area (Å²) in [7, 11) is 1.85. The van der Waals surface area contributed by atoms with Gasteiger partial charge in [-0.05, 0) is 49.7 Å². The highest BCUT2D eigenvalue weighted by molar-refractivity contribution is 7.99. The summed E-state index contributed by atoms with van der Waals surface area (Å²) in [5.74, 6) is 0. The van der Waals surface area contributed by atoms with Crippen molar-refractivity contribution < 1.29 is 5.11 Å². The Morgan fingerprint density at radius 3 is 2.38 bits per heavy atom. The second-order valence-electron chi connectivity index (χ2n) is 3.64. The standard InChI is InChI=1S/C12H19NOS2/c1-8-5-12(16-4)9(6-11(8)15-3)10(14)7-13-2/h5-6,10,13-14H,7H2,1-4H3. The number of benzene rings is 1. The lowest BCUT2D eigenvalue weighted by atomic mass is 10.1. The number of rotatable bonds is 5. The number of likely N-dealkylation sites (N-methyl/N-ethyl adjacent to an activating group) is 1. The van der Waals surface area contributed by atoms with Crippen LogP contribution in [-0.2, 0) is 0 Å². The normalized spacial score (nSPS) is 12.8. The maximum absolute atomic E-state index is 10.1. The minimum Gasteiger partial charge on any atom is -0.387 e. The van der Waals surface area contributed by atoms with Crippen molar-refractivity contribution >= 4 is 23.5 Å². The molecular weight excluding hydrogens is 238 g/mol. The number of hydrogen-bond donors (Lipinski definition) is 2. The van der Waals surface area contributed by atoms with Crippen molar-refractivity contribution in [1.82, 2.24) is 5.32 Å². The molecule has 4 heteroatoms. The molecular formula is C12H19NOS2. The maximum Gasteiger partial charge on any atom is 0.0925 e. The first kappa shape index (κ1) is 13.9. The third-order valence-corrected chi connectivity index (χ3v) is 4.18. The van der Waals surface area contributed by atoms with Crippen LogP contribution in [0, 0.1) is 6.92 Å². The summed E-state index contributed by atoms with van der Waals surface area (Å²) in [6, 6.07) is 4.26. The largest absolute Gasteiger partial charge is 0.387 e. The van der Waals surface area contributed by atoms with Crippen LogP contribution >= 0.6 is 23.5 Å². The van der Waals surface area contributed by atoms with Crippen molar-refractivity contribution in [2.24, 2.45) is 0 Å². The Morgan fingerprint density at radius 1 is 1.25 bits per heavy atom. The molecule has 0 heterocycles. The zero-order valence-electron chi connectivity index (χ0n) is 10.2. The first-order valence-corrected chi connectivity index (χ1v) is 7.64. The van der Waals surface area contributed by atoms with E-state index in [0.717, 1.165) is 10.5 Å². The van der Waals surface area contributed by atoms with Gasteiger partial charge in [-0.3, -0.25) is 0 Å². The molecule has 2 N–H and O–H groups in total. The fourth-order valence-corrected chi connectivity index (χ4v) is 2.99. The molecule has 1 atom stereocenters. The molecule has 0 amide bonds. The number of hydrogen-bond acceptors (Lipinski definition) is 4. The summed E-state index contributed by atoms with van der Waals surface area (Å²) in [5.41, 5.74) is 2.30. The van der Waals surface area contributed by atoms with Gasteiger partial charge in [0.25, 0.3) is 0 Å². The van der Waals surface area contributed by atoms with Gasteiger partial charge in [-0.1, -0.05) is 0 Å². The zero-order valence-corrected chi connectivity index (χ0v) is 11.8. The third-order valence-electron chi connectivity index (χ3n) is 2.50. The molecule has 0 aromatic heterocycles. The monoisotopic (exact) mass is 257 g/mol. The van der Waals surface area contributed by atoms with E-state index in [4.69, 9.17) is 0 Å². The van der Waals surface area contributed by atoms with Crippen molar-refractivity contribution in [3.8, 4) is 0 Å². The van der Waals surface area contributed by atoms with Crippen molar-refractivity contribution in [3.05, 3.63) is 23.3 Å². The van der Waals surface area contributed by atoms with E-state index in [2.05, 4.69) is 30.6 Å². The Labute approximate surface area is 106 Å². The molecule has 0 saturated heterocycles. The van der Waals surface area contributed by atoms with E-state index in [1.54, 1.807) is 23.5 Å². The molecule has 1 unspecified atom stereocenters. The molecule has 0 saturated carbocycles. The summed E-state index contributed by atoms with van der Waals surface area (Å²) in [5, 5.41) is 13.1. The molecule has 0 spiro atoms. The molecule has 2 nitrogen and oxygen atoms in total. The number of nitrogens with one attached hydrogen (secondary N) is 1. The Hall–Kier alpha value is -0.160. The minimum absolute atomic E-state index is 0.432. The highest BCUT2D eigenvalue weighted by atomic mass is 32.2. The lowest BCUT2D eigenvalue weighted by Crippen LogP contribution is -2.17. The van der Waals surface area contributed by atoms with Gasteiger partial charge in [0.15, 0.2) is 0 Å². The fourth-order valence-electron chi connectivity index (χ4n) is 1.64. The topological polar surface area (TPSA) is 32.3 Å². The maximum atomic E-state index is 10.1. The first-order valence-electron chi connectivity index (χ1n) is 5.19. The fraction of sp³-hybridized carbons (Fsp3) is 0.500. The van der Waals surface area contributed by atoms with Crippen LogP contribution in [0.3, 0.4) is 0 Å². The number of thioether (sulfide) groups is 2. The summed E-state index contributed by atoms with van der Waals surface area (Å²) >= 11 is 3.41. The van der Waals surface area contributed by atoms with Gasteiger partial charge in [0, 0.05) is 16.3 Å². The Morgan fingerprint density at radius 2 is 1.88 bits per heavy atom. The third kappa shape index (κ3) is 3.17. The molecule has 0 aliphatic rings. The average molecular weight is 257 g/mol. The first-order chi connectivity index (χ1) is 7.63. The Balaban J connectivity index is 3.13. The van der Waals surface area contributed by atoms with Gasteiger partial charge >= 0.3 is 0 Å². The van der Waals surface area contributed by atoms with Gasteiger partial charge < -0.3 is 10.4 Å². The van der Waals surface area contributed by atoms with Crippen LogP contribution in [0.4, 0.5) is 0 Å². The van der Waals surface area contributed by atoms with E-state index < -0.39 is 6.10 Å². The summed E-state index contributed by atoms with van der Waals surface area (Å²) < 4.78 is 0. The molecule has 1 rings (SSSR count). The van der Waals surface area contributed by atoms with Gasteiger partial charge in [-0.2, -0.15) is 0 Å². The van der Waals surface area contributed by atoms with Crippen molar-refractivity contribution in [3.63, 3.8) is 0 Å². The summed E-state index contributed by atoms with van der Waals surface area (Å²) in [6.45, 7) is 2.70. The van der Waals surface area contributed by atoms with Gasteiger partial charge in [-0.15, -0.1) is 23.5 Å². The smallest absolute Gasteiger partial charge is 0.0925 e. The molecule has 0 fully saturated rings. The van der Waals surface area contributed by atoms with Gasteiger partial charge in [0.05, 0.1) is 6.10 Å². The van der Waals surface area contributed by atoms with E-state index in [1.807, 2.05) is 13.3 Å². The molecule has 0 radical (unpaired) electrons. The lowest BCUT2D eigenvalue weighted by molar-refractivity contribution is 0.174. The minimum atomic E-state index is -0.432. The van der Waals surface area contributed by atoms with E-state index in [1.165, 1.54) is 10.5 Å². The van der Waals surface area contributed by atoms with Gasteiger partial charge in [0.2, 0.25) is 0 Å². The second-order valence-corrected chi connectivity index (χ2v) is 5.33. The molecule has 1 aromatic rings. The quantitative estimate of drug-likeness (QED) is 0.794. The van der Waals surface area contributed by atoms with E-state index in [-0.39, 0.29) is 0 Å². The Kier molecular flexibility index (Phi) is 5.69. The number of aliphatic hydroxyl groups excluding tert-OH is 1. The van der Waals surface area contributed by atoms with Gasteiger partial charge in [-0.25, -0.2) is 0 Å². The molecule has 1 aromatic carbocycles. The molecule has 0 aliphatic carbocycles. The summed E-state index contributed by atoms with van der Waals surface area (Å²) in [4.78, 5) is 2.40. The van der Waals surface area contributed by atoms with E-state index in [9.17, 15) is 5.11 Å². The van der Waals surface area contributed by atoms with Crippen molar-refractivity contribution in [1.29, 1.82) is 0 Å². The molecule has 0 aliphatic heterocycles. The van der Waals surface area contributed by atoms with E-state index >= 15 is 0 Å². The zero-order chi connectivity index (χ0) is 12.1. The lowest BCUT2D eigenvalue weighted by Gasteiger charge is -2.16. The van der Waals surface area contributed by atoms with Crippen LogP contribution in [-0.4, -0.2) is 31.2 Å². The predicted molar refractivity (Wildman–Crippen MR) is 73.6 cm³/mol. The highest BCUT2D eigenvalue weighted by Crippen LogP contribution is 2.32. The van der Waals surface area contributed by atoms with Crippen LogP contribution in [0.15, 0.2) is 21.9 Å². The van der Waals surface area contributed by atoms with Crippen LogP contribution in [0.1, 0.15) is 17.2 Å². The highest BCUT2D eigenvalue weighted by Gasteiger charge is 2.13. The number of aryl methyl sites for hydroxylation is 1. The van der Waals surface area contributed by atoms with Gasteiger partial charge in [0.1, 0.15) is 0 Å². The van der Waals surface area contributed by atoms with Crippen LogP contribution < -0.4 is 5.32 Å². The second kappa shape index (κ2) is 6.55. The van der Waals surface area contributed by atoms with Crippen molar-refractivity contribution in [2.75, 3.05) is 26.1 Å². The number of aliphatic hydroxyl groups is 1. The van der Waals surface area contributed by atoms with E-state index in [0.29, 0.717) is 6.54 Å². The molecule has 90 valence electrons. The Bertz CT molecular complexity index is 355. The average Bonchev–Trinajstić information content (AvgIpc) is 2.28. The van der Waals surface area contributed by atoms with Crippen LogP contribution in [0.2, 0.25) is 0 Å². The predicted octanol–water partition coefficient (Wildman–Crippen LogP) is 2.69. The summed E-state index contributed by atoms with van der Waals surface area (Å²) in [6.07, 6.45) is 3.68. The van der Waals surface area contributed by atoms with Crippen molar-refractivity contribution in [2.45, 2.75) is 22.8 Å². The van der Waals surface area contributed by atoms with Crippen LogP contribution in [0.25, 0.3) is 0 Å². The SMILES string of the molecule is CNCC(O)c1cc(SC)c(C)cc1SC. The molecule has 0 bridgehead atoms. The molecule has 16 heavy (non-hydrogen) atoms. The van der Waals surface area contributed by atoms with Crippen LogP contribution in [0.5, 0.6) is 0 Å².